The standard InChI is InChI=1S/C9H7Cl2N3O/c10-6-1-4-2-8(13-14-12)9(15)5(4)3-7(6)11/h1,3,8-9,15H,2H2/t8-,9-/m0/s1. The molecule has 0 amide bonds. The summed E-state index contributed by atoms with van der Waals surface area (Å²) in [6.07, 6.45) is -0.289. The van der Waals surface area contributed by atoms with Crippen LogP contribution in [0.1, 0.15) is 17.2 Å². The number of aliphatic hydroxyl groups excluding tert-OH is 1. The van der Waals surface area contributed by atoms with Gasteiger partial charge in [-0.05, 0) is 35.2 Å². The minimum Gasteiger partial charge on any atom is -0.388 e. The molecule has 0 heterocycles. The highest BCUT2D eigenvalue weighted by Crippen LogP contribution is 2.38. The Labute approximate surface area is 96.1 Å². The summed E-state index contributed by atoms with van der Waals surface area (Å²) in [6.45, 7) is 0. The molecule has 1 aromatic carbocycles. The van der Waals surface area contributed by atoms with Crippen molar-refractivity contribution in [2.75, 3.05) is 0 Å². The van der Waals surface area contributed by atoms with E-state index in [-0.39, 0.29) is 0 Å². The number of benzene rings is 1. The first kappa shape index (κ1) is 10.6. The molecule has 0 saturated heterocycles. The third-order valence-electron chi connectivity index (χ3n) is 2.49. The van der Waals surface area contributed by atoms with E-state index < -0.39 is 12.1 Å². The Morgan fingerprint density at radius 3 is 2.73 bits per heavy atom. The van der Waals surface area contributed by atoms with Crippen LogP contribution in [0.15, 0.2) is 17.2 Å². The number of azide groups is 1. The number of hydrogen-bond donors (Lipinski definition) is 1. The first-order valence-electron chi connectivity index (χ1n) is 4.33. The number of rotatable bonds is 1. The van der Waals surface area contributed by atoms with Gasteiger partial charge in [-0.2, -0.15) is 0 Å². The van der Waals surface area contributed by atoms with Crippen LogP contribution in [0.3, 0.4) is 0 Å². The molecule has 78 valence electrons. The average molecular weight is 244 g/mol. The SMILES string of the molecule is [N-]=[N+]=N[C@H]1Cc2cc(Cl)c(Cl)cc2[C@@H]1O. The molecule has 1 aliphatic carbocycles. The van der Waals surface area contributed by atoms with E-state index in [4.69, 9.17) is 28.7 Å². The highest BCUT2D eigenvalue weighted by molar-refractivity contribution is 6.42. The van der Waals surface area contributed by atoms with E-state index in [9.17, 15) is 5.11 Å². The van der Waals surface area contributed by atoms with E-state index in [1.54, 1.807) is 12.1 Å². The van der Waals surface area contributed by atoms with Crippen molar-refractivity contribution in [1.29, 1.82) is 0 Å². The van der Waals surface area contributed by atoms with Gasteiger partial charge >= 0.3 is 0 Å². The summed E-state index contributed by atoms with van der Waals surface area (Å²) in [5.74, 6) is 0. The van der Waals surface area contributed by atoms with Crippen molar-refractivity contribution in [3.05, 3.63) is 43.7 Å². The largest absolute Gasteiger partial charge is 0.388 e. The molecular formula is C9H7Cl2N3O. The van der Waals surface area contributed by atoms with Crippen LogP contribution < -0.4 is 0 Å². The van der Waals surface area contributed by atoms with E-state index in [0.717, 1.165) is 5.56 Å². The van der Waals surface area contributed by atoms with Gasteiger partial charge in [0.2, 0.25) is 0 Å². The molecular weight excluding hydrogens is 237 g/mol. The van der Waals surface area contributed by atoms with Gasteiger partial charge in [0.25, 0.3) is 0 Å². The predicted octanol–water partition coefficient (Wildman–Crippen LogP) is 3.26. The maximum Gasteiger partial charge on any atom is 0.0881 e. The van der Waals surface area contributed by atoms with E-state index in [2.05, 4.69) is 10.0 Å². The van der Waals surface area contributed by atoms with Gasteiger partial charge in [0.1, 0.15) is 0 Å². The molecule has 0 bridgehead atoms. The number of aliphatic hydroxyl groups is 1. The molecule has 15 heavy (non-hydrogen) atoms. The monoisotopic (exact) mass is 243 g/mol. The molecule has 0 aromatic heterocycles. The van der Waals surface area contributed by atoms with Crippen LogP contribution in [0.5, 0.6) is 0 Å². The highest BCUT2D eigenvalue weighted by atomic mass is 35.5. The second-order valence-electron chi connectivity index (χ2n) is 3.39. The van der Waals surface area contributed by atoms with E-state index >= 15 is 0 Å². The van der Waals surface area contributed by atoms with Crippen molar-refractivity contribution in [2.24, 2.45) is 5.11 Å². The maximum atomic E-state index is 9.82. The van der Waals surface area contributed by atoms with Gasteiger partial charge in [-0.25, -0.2) is 0 Å². The van der Waals surface area contributed by atoms with Gasteiger partial charge < -0.3 is 5.11 Å². The zero-order valence-electron chi connectivity index (χ0n) is 7.56. The highest BCUT2D eigenvalue weighted by Gasteiger charge is 2.30. The zero-order chi connectivity index (χ0) is 11.0. The minimum absolute atomic E-state index is 0.399. The Kier molecular flexibility index (Phi) is 2.76. The molecule has 0 spiro atoms. The summed E-state index contributed by atoms with van der Waals surface area (Å²) in [5, 5.41) is 14.2. The number of fused-ring (bicyclic) bond motifs is 1. The maximum absolute atomic E-state index is 9.82. The van der Waals surface area contributed by atoms with Gasteiger partial charge in [-0.15, -0.1) is 0 Å². The molecule has 0 saturated carbocycles. The molecule has 1 N–H and O–H groups in total. The molecule has 6 heteroatoms. The molecule has 1 aromatic rings. The summed E-state index contributed by atoms with van der Waals surface area (Å²) in [6, 6.07) is 2.87. The van der Waals surface area contributed by atoms with Crippen molar-refractivity contribution >= 4 is 23.2 Å². The van der Waals surface area contributed by atoms with Gasteiger partial charge in [0.15, 0.2) is 0 Å². The van der Waals surface area contributed by atoms with Gasteiger partial charge in [0, 0.05) is 4.91 Å². The Morgan fingerprint density at radius 1 is 1.40 bits per heavy atom. The first-order chi connectivity index (χ1) is 7.13. The fourth-order valence-electron chi connectivity index (χ4n) is 1.77. The van der Waals surface area contributed by atoms with Crippen molar-refractivity contribution < 1.29 is 5.11 Å². The molecule has 0 unspecified atom stereocenters. The number of halogens is 2. The van der Waals surface area contributed by atoms with E-state index in [1.807, 2.05) is 0 Å². The van der Waals surface area contributed by atoms with E-state index in [1.165, 1.54) is 0 Å². The normalized spacial score (nSPS) is 23.4. The quantitative estimate of drug-likeness (QED) is 0.459. The summed E-state index contributed by atoms with van der Waals surface area (Å²) in [7, 11) is 0. The topological polar surface area (TPSA) is 69.0 Å². The fourth-order valence-corrected chi connectivity index (χ4v) is 2.13. The lowest BCUT2D eigenvalue weighted by atomic mass is 10.1. The van der Waals surface area contributed by atoms with Crippen LogP contribution in [0.2, 0.25) is 10.0 Å². The Bertz CT molecular complexity index is 457. The van der Waals surface area contributed by atoms with Crippen molar-refractivity contribution in [3.63, 3.8) is 0 Å². The Morgan fingerprint density at radius 2 is 2.07 bits per heavy atom. The summed E-state index contributed by atoms with van der Waals surface area (Å²) >= 11 is 11.7. The summed E-state index contributed by atoms with van der Waals surface area (Å²) in [4.78, 5) is 2.70. The van der Waals surface area contributed by atoms with Crippen LogP contribution in [-0.2, 0) is 6.42 Å². The van der Waals surface area contributed by atoms with Crippen LogP contribution in [0.4, 0.5) is 0 Å². The van der Waals surface area contributed by atoms with Gasteiger partial charge in [-0.3, -0.25) is 0 Å². The second kappa shape index (κ2) is 3.91. The van der Waals surface area contributed by atoms with Gasteiger partial charge in [-0.1, -0.05) is 28.3 Å². The third kappa shape index (κ3) is 1.77. The lowest BCUT2D eigenvalue weighted by molar-refractivity contribution is 0.159. The molecule has 1 aliphatic rings. The van der Waals surface area contributed by atoms with Gasteiger partial charge in [0.05, 0.1) is 22.2 Å². The van der Waals surface area contributed by atoms with Crippen molar-refractivity contribution in [1.82, 2.24) is 0 Å². The fraction of sp³-hybridized carbons (Fsp3) is 0.333. The number of hydrogen-bond acceptors (Lipinski definition) is 2. The minimum atomic E-state index is -0.786. The average Bonchev–Trinajstić information content (AvgIpc) is 2.47. The van der Waals surface area contributed by atoms with Crippen LogP contribution in [-0.4, -0.2) is 11.1 Å². The second-order valence-corrected chi connectivity index (χ2v) is 4.20. The molecule has 0 radical (unpaired) electrons. The Balaban J connectivity index is 2.45. The molecule has 2 atom stereocenters. The summed E-state index contributed by atoms with van der Waals surface area (Å²) in [5.41, 5.74) is 9.91. The molecule has 2 rings (SSSR count). The van der Waals surface area contributed by atoms with Crippen LogP contribution in [0.25, 0.3) is 10.4 Å². The molecule has 4 nitrogen and oxygen atoms in total. The third-order valence-corrected chi connectivity index (χ3v) is 3.22. The van der Waals surface area contributed by atoms with E-state index in [0.29, 0.717) is 22.0 Å². The summed E-state index contributed by atoms with van der Waals surface area (Å²) < 4.78 is 0. The van der Waals surface area contributed by atoms with Crippen molar-refractivity contribution in [2.45, 2.75) is 18.6 Å². The van der Waals surface area contributed by atoms with Crippen LogP contribution >= 0.6 is 23.2 Å². The number of nitrogens with zero attached hydrogens (tertiary/aromatic N) is 3. The lowest BCUT2D eigenvalue weighted by Crippen LogP contribution is -2.09. The zero-order valence-corrected chi connectivity index (χ0v) is 9.07. The lowest BCUT2D eigenvalue weighted by Gasteiger charge is -2.08. The molecule has 0 aliphatic heterocycles. The Hall–Kier alpha value is -0.930. The molecule has 0 fully saturated rings. The predicted molar refractivity (Wildman–Crippen MR) is 58.1 cm³/mol. The smallest absolute Gasteiger partial charge is 0.0881 e. The van der Waals surface area contributed by atoms with Crippen molar-refractivity contribution in [3.8, 4) is 0 Å². The van der Waals surface area contributed by atoms with Crippen LogP contribution in [0, 0.1) is 0 Å². The first-order valence-corrected chi connectivity index (χ1v) is 5.09.